The molecular formula is C20H18ClF3N6O2S. The molecule has 0 atom stereocenters. The number of piperidine rings is 1. The zero-order valence-corrected chi connectivity index (χ0v) is 18.8. The number of pyridine rings is 1. The van der Waals surface area contributed by atoms with Crippen LogP contribution in [0.5, 0.6) is 0 Å². The third kappa shape index (κ3) is 5.73. The molecule has 1 fully saturated rings. The van der Waals surface area contributed by atoms with Crippen molar-refractivity contribution in [1.82, 2.24) is 25.1 Å². The van der Waals surface area contributed by atoms with Crippen molar-refractivity contribution in [3.8, 4) is 6.07 Å². The molecule has 0 amide bonds. The van der Waals surface area contributed by atoms with Gasteiger partial charge in [0.25, 0.3) is 0 Å². The van der Waals surface area contributed by atoms with Crippen LogP contribution in [0.15, 0.2) is 34.4 Å². The van der Waals surface area contributed by atoms with Gasteiger partial charge in [0, 0.05) is 29.4 Å². The molecular weight excluding hydrogens is 481 g/mol. The van der Waals surface area contributed by atoms with Crippen LogP contribution in [0.1, 0.15) is 30.1 Å². The van der Waals surface area contributed by atoms with Gasteiger partial charge in [-0.05, 0) is 43.8 Å². The summed E-state index contributed by atoms with van der Waals surface area (Å²) in [6.45, 7) is 2.01. The number of benzene rings is 1. The Morgan fingerprint density at radius 3 is 2.61 bits per heavy atom. The average Bonchev–Trinajstić information content (AvgIpc) is 3.15. The number of halogens is 4. The number of rotatable bonds is 3. The van der Waals surface area contributed by atoms with E-state index in [1.807, 2.05) is 23.7 Å². The van der Waals surface area contributed by atoms with Crippen LogP contribution in [0.2, 0.25) is 5.02 Å². The largest absolute Gasteiger partial charge is 0.490 e. The number of hydrogen-bond acceptors (Lipinski definition) is 7. The summed E-state index contributed by atoms with van der Waals surface area (Å²) in [5.74, 6) is -1.33. The number of fused-ring (bicyclic) bond motifs is 1. The highest BCUT2D eigenvalue weighted by Crippen LogP contribution is 2.37. The highest BCUT2D eigenvalue weighted by molar-refractivity contribution is 7.99. The van der Waals surface area contributed by atoms with Gasteiger partial charge in [0.2, 0.25) is 0 Å². The zero-order valence-electron chi connectivity index (χ0n) is 17.2. The summed E-state index contributed by atoms with van der Waals surface area (Å²) in [4.78, 5) is 14.0. The van der Waals surface area contributed by atoms with Crippen molar-refractivity contribution in [3.05, 3.63) is 40.8 Å². The van der Waals surface area contributed by atoms with Crippen LogP contribution in [-0.2, 0) is 11.8 Å². The van der Waals surface area contributed by atoms with E-state index in [4.69, 9.17) is 21.5 Å². The number of nitrogens with one attached hydrogen (secondary N) is 1. The minimum absolute atomic E-state index is 0.419. The van der Waals surface area contributed by atoms with Crippen LogP contribution < -0.4 is 5.32 Å². The van der Waals surface area contributed by atoms with Crippen LogP contribution in [0.3, 0.4) is 0 Å². The second kappa shape index (κ2) is 10.4. The molecule has 2 aromatic heterocycles. The average molecular weight is 499 g/mol. The molecule has 13 heteroatoms. The molecule has 2 N–H and O–H groups in total. The van der Waals surface area contributed by atoms with Gasteiger partial charge in [0.05, 0.1) is 16.1 Å². The first-order valence-electron chi connectivity index (χ1n) is 9.68. The molecule has 0 radical (unpaired) electrons. The van der Waals surface area contributed by atoms with Gasteiger partial charge >= 0.3 is 12.1 Å². The Labute approximate surface area is 195 Å². The van der Waals surface area contributed by atoms with Crippen LogP contribution in [0, 0.1) is 11.3 Å². The maximum Gasteiger partial charge on any atom is 0.490 e. The number of aliphatic carboxylic acids is 1. The van der Waals surface area contributed by atoms with Gasteiger partial charge in [0.15, 0.2) is 5.16 Å². The Morgan fingerprint density at radius 2 is 2.00 bits per heavy atom. The zero-order chi connectivity index (χ0) is 24.2. The summed E-state index contributed by atoms with van der Waals surface area (Å²) in [6, 6.07) is 7.83. The summed E-state index contributed by atoms with van der Waals surface area (Å²) in [6.07, 6.45) is -1.39. The number of nitrogens with zero attached hydrogens (tertiary/aromatic N) is 5. The fourth-order valence-corrected chi connectivity index (χ4v) is 4.50. The van der Waals surface area contributed by atoms with E-state index in [-0.39, 0.29) is 0 Å². The van der Waals surface area contributed by atoms with Crippen molar-refractivity contribution < 1.29 is 23.1 Å². The number of nitriles is 1. The maximum absolute atomic E-state index is 10.6. The van der Waals surface area contributed by atoms with Gasteiger partial charge in [-0.25, -0.2) is 4.79 Å². The van der Waals surface area contributed by atoms with E-state index >= 15 is 0 Å². The van der Waals surface area contributed by atoms with Gasteiger partial charge in [-0.2, -0.15) is 18.4 Å². The summed E-state index contributed by atoms with van der Waals surface area (Å²) in [5.41, 5.74) is 1.20. The minimum atomic E-state index is -5.08. The summed E-state index contributed by atoms with van der Waals surface area (Å²) >= 11 is 7.71. The predicted octanol–water partition coefficient (Wildman–Crippen LogP) is 4.14. The van der Waals surface area contributed by atoms with Crippen LogP contribution >= 0.6 is 23.4 Å². The van der Waals surface area contributed by atoms with Crippen LogP contribution in [0.4, 0.5) is 13.2 Å². The number of carboxylic acid groups (broad SMARTS) is 1. The Morgan fingerprint density at radius 1 is 1.33 bits per heavy atom. The topological polar surface area (TPSA) is 117 Å². The second-order valence-electron chi connectivity index (χ2n) is 7.08. The van der Waals surface area contributed by atoms with Crippen LogP contribution in [-0.4, -0.2) is 50.1 Å². The van der Waals surface area contributed by atoms with Gasteiger partial charge in [-0.1, -0.05) is 23.7 Å². The lowest BCUT2D eigenvalue weighted by atomic mass is 9.97. The van der Waals surface area contributed by atoms with E-state index in [1.54, 1.807) is 12.3 Å². The summed E-state index contributed by atoms with van der Waals surface area (Å²) in [7, 11) is 1.99. The first kappa shape index (κ1) is 24.8. The first-order chi connectivity index (χ1) is 15.6. The van der Waals surface area contributed by atoms with Crippen molar-refractivity contribution in [3.63, 3.8) is 0 Å². The molecule has 3 aromatic rings. The minimum Gasteiger partial charge on any atom is -0.475 e. The lowest BCUT2D eigenvalue weighted by Crippen LogP contribution is -2.27. The molecule has 8 nitrogen and oxygen atoms in total. The third-order valence-corrected chi connectivity index (χ3v) is 6.41. The number of para-hydroxylation sites is 1. The molecule has 1 aliphatic heterocycles. The van der Waals surface area contributed by atoms with Crippen molar-refractivity contribution in [2.24, 2.45) is 7.05 Å². The standard InChI is InChI=1S/C18H17ClN6S.C2HF3O2/c1-25-17(11-5-7-21-8-6-11)23-24-18(25)26-16-12(9-20)10-22-15-13(16)3-2-4-14(15)19;3-2(4,5)1(6)7/h2-4,10-11,21H,5-8H2,1H3;(H,6,7). The molecule has 33 heavy (non-hydrogen) atoms. The van der Waals surface area contributed by atoms with E-state index in [0.29, 0.717) is 22.0 Å². The highest BCUT2D eigenvalue weighted by Gasteiger charge is 2.38. The predicted molar refractivity (Wildman–Crippen MR) is 115 cm³/mol. The van der Waals surface area contributed by atoms with Crippen molar-refractivity contribution in [2.45, 2.75) is 35.0 Å². The van der Waals surface area contributed by atoms with E-state index in [0.717, 1.165) is 47.2 Å². The van der Waals surface area contributed by atoms with Gasteiger partial charge < -0.3 is 15.0 Å². The van der Waals surface area contributed by atoms with E-state index < -0.39 is 12.1 Å². The van der Waals surface area contributed by atoms with E-state index in [2.05, 4.69) is 26.6 Å². The molecule has 0 saturated carbocycles. The molecule has 3 heterocycles. The lowest BCUT2D eigenvalue weighted by molar-refractivity contribution is -0.192. The van der Waals surface area contributed by atoms with Crippen LogP contribution in [0.25, 0.3) is 10.9 Å². The van der Waals surface area contributed by atoms with Gasteiger partial charge in [-0.15, -0.1) is 10.2 Å². The Kier molecular flexibility index (Phi) is 7.78. The molecule has 1 aromatic carbocycles. The van der Waals surface area contributed by atoms with Crippen molar-refractivity contribution in [1.29, 1.82) is 5.26 Å². The smallest absolute Gasteiger partial charge is 0.475 e. The fraction of sp³-hybridized carbons (Fsp3) is 0.350. The molecule has 0 unspecified atom stereocenters. The fourth-order valence-electron chi connectivity index (χ4n) is 3.29. The number of alkyl halides is 3. The molecule has 4 rings (SSSR count). The monoisotopic (exact) mass is 498 g/mol. The molecule has 1 saturated heterocycles. The Bertz CT molecular complexity index is 1200. The summed E-state index contributed by atoms with van der Waals surface area (Å²) < 4.78 is 33.8. The molecule has 174 valence electrons. The SMILES string of the molecule is Cn1c(Sc2c(C#N)cnc3c(Cl)cccc23)nnc1C1CCNCC1.O=C(O)C(F)(F)F. The number of hydrogen-bond donors (Lipinski definition) is 2. The number of carboxylic acids is 1. The normalized spacial score (nSPS) is 14.4. The van der Waals surface area contributed by atoms with Gasteiger partial charge in [0.1, 0.15) is 11.9 Å². The van der Waals surface area contributed by atoms with Crippen molar-refractivity contribution in [2.75, 3.05) is 13.1 Å². The van der Waals surface area contributed by atoms with Gasteiger partial charge in [-0.3, -0.25) is 4.98 Å². The highest BCUT2D eigenvalue weighted by atomic mass is 35.5. The third-order valence-electron chi connectivity index (χ3n) is 4.93. The summed E-state index contributed by atoms with van der Waals surface area (Å²) in [5, 5.41) is 31.0. The molecule has 0 spiro atoms. The first-order valence-corrected chi connectivity index (χ1v) is 10.9. The molecule has 1 aliphatic rings. The quantitative estimate of drug-likeness (QED) is 0.553. The maximum atomic E-state index is 10.6. The van der Waals surface area contributed by atoms with Crippen molar-refractivity contribution >= 4 is 40.2 Å². The number of carbonyl (C=O) groups is 1. The Hall–Kier alpha value is -2.88. The molecule has 0 bridgehead atoms. The lowest BCUT2D eigenvalue weighted by Gasteiger charge is -2.21. The Balaban J connectivity index is 0.000000383. The van der Waals surface area contributed by atoms with E-state index in [9.17, 15) is 18.4 Å². The molecule has 0 aliphatic carbocycles. The second-order valence-corrected chi connectivity index (χ2v) is 8.46. The number of aromatic nitrogens is 4. The van der Waals surface area contributed by atoms with E-state index in [1.165, 1.54) is 11.8 Å².